The van der Waals surface area contributed by atoms with E-state index in [-0.39, 0.29) is 43.4 Å². The molecule has 0 bridgehead atoms. The Kier molecular flexibility index (Phi) is 6.71. The summed E-state index contributed by atoms with van der Waals surface area (Å²) < 4.78 is 10.4. The second-order valence-electron chi connectivity index (χ2n) is 7.20. The van der Waals surface area contributed by atoms with E-state index in [1.165, 1.54) is 0 Å². The molecule has 3 amide bonds. The van der Waals surface area contributed by atoms with Gasteiger partial charge >= 0.3 is 18.0 Å². The van der Waals surface area contributed by atoms with Crippen LogP contribution >= 0.6 is 0 Å². The lowest BCUT2D eigenvalue weighted by Gasteiger charge is -2.26. The highest BCUT2D eigenvalue weighted by atomic mass is 16.5. The number of benzene rings is 1. The third-order valence-electron chi connectivity index (χ3n) is 4.99. The first-order chi connectivity index (χ1) is 14.4. The number of rotatable bonds is 7. The Morgan fingerprint density at radius 1 is 1.17 bits per heavy atom. The fourth-order valence-electron chi connectivity index (χ4n) is 3.54. The van der Waals surface area contributed by atoms with Gasteiger partial charge in [0.05, 0.1) is 29.8 Å². The van der Waals surface area contributed by atoms with Gasteiger partial charge in [0.2, 0.25) is 5.91 Å². The number of likely N-dealkylation sites (tertiary alicyclic amines) is 1. The van der Waals surface area contributed by atoms with Crippen molar-refractivity contribution in [2.75, 3.05) is 19.8 Å². The highest BCUT2D eigenvalue weighted by molar-refractivity contribution is 5.95. The minimum Gasteiger partial charge on any atom is -0.463 e. The average molecular weight is 415 g/mol. The van der Waals surface area contributed by atoms with Crippen LogP contribution in [-0.4, -0.2) is 54.6 Å². The molecule has 0 radical (unpaired) electrons. The third-order valence-corrected chi connectivity index (χ3v) is 4.99. The lowest BCUT2D eigenvalue weighted by atomic mass is 10.0. The first kappa shape index (κ1) is 21.4. The van der Waals surface area contributed by atoms with E-state index >= 15 is 0 Å². The van der Waals surface area contributed by atoms with Crippen LogP contribution in [0.1, 0.15) is 25.8 Å². The standard InChI is InChI=1S/C21H25N3O6/c1-3-29-20(27)18-13(2)22-21(28)23-16(18)12-30-19(26)15-9-17(25)24(11-15)10-14-7-5-4-6-8-14/h4-8,13,15H,3,9-12H2,1-2H3,(H2,22,23,28). The second kappa shape index (κ2) is 9.43. The van der Waals surface area contributed by atoms with Crippen LogP contribution in [0, 0.1) is 5.92 Å². The largest absolute Gasteiger partial charge is 0.463 e. The molecule has 3 rings (SSSR count). The smallest absolute Gasteiger partial charge is 0.338 e. The van der Waals surface area contributed by atoms with Gasteiger partial charge in [0, 0.05) is 19.5 Å². The summed E-state index contributed by atoms with van der Waals surface area (Å²) in [6.45, 7) is 3.91. The van der Waals surface area contributed by atoms with Crippen LogP contribution in [0.5, 0.6) is 0 Å². The molecule has 1 aromatic carbocycles. The molecule has 2 atom stereocenters. The molecule has 9 heteroatoms. The fraction of sp³-hybridized carbons (Fsp3) is 0.429. The number of urea groups is 1. The molecular formula is C21H25N3O6. The predicted octanol–water partition coefficient (Wildman–Crippen LogP) is 1.10. The van der Waals surface area contributed by atoms with Crippen molar-refractivity contribution in [2.45, 2.75) is 32.9 Å². The van der Waals surface area contributed by atoms with Crippen molar-refractivity contribution in [3.05, 3.63) is 47.2 Å². The van der Waals surface area contributed by atoms with Gasteiger partial charge in [-0.05, 0) is 19.4 Å². The van der Waals surface area contributed by atoms with Gasteiger partial charge < -0.3 is 25.0 Å². The van der Waals surface area contributed by atoms with Gasteiger partial charge in [0.1, 0.15) is 6.61 Å². The molecule has 2 aliphatic rings. The Labute approximate surface area is 174 Å². The molecule has 0 aromatic heterocycles. The molecular weight excluding hydrogens is 390 g/mol. The summed E-state index contributed by atoms with van der Waals surface area (Å²) in [6.07, 6.45) is 0.0692. The zero-order chi connectivity index (χ0) is 21.7. The van der Waals surface area contributed by atoms with E-state index < -0.39 is 29.9 Å². The Hall–Kier alpha value is -3.36. The van der Waals surface area contributed by atoms with Crippen LogP contribution in [0.4, 0.5) is 4.79 Å². The first-order valence-corrected chi connectivity index (χ1v) is 9.85. The molecule has 1 fully saturated rings. The number of nitrogens with one attached hydrogen (secondary N) is 2. The van der Waals surface area contributed by atoms with Gasteiger partial charge in [0.15, 0.2) is 0 Å². The molecule has 2 heterocycles. The van der Waals surface area contributed by atoms with Crippen molar-refractivity contribution in [1.82, 2.24) is 15.5 Å². The maximum absolute atomic E-state index is 12.5. The number of carbonyl (C=O) groups is 4. The highest BCUT2D eigenvalue weighted by Crippen LogP contribution is 2.22. The van der Waals surface area contributed by atoms with Gasteiger partial charge in [-0.25, -0.2) is 9.59 Å². The summed E-state index contributed by atoms with van der Waals surface area (Å²) in [6, 6.07) is 8.45. The summed E-state index contributed by atoms with van der Waals surface area (Å²) in [7, 11) is 0. The maximum Gasteiger partial charge on any atom is 0.338 e. The fourth-order valence-corrected chi connectivity index (χ4v) is 3.54. The Morgan fingerprint density at radius 3 is 2.60 bits per heavy atom. The van der Waals surface area contributed by atoms with Crippen LogP contribution < -0.4 is 10.6 Å². The molecule has 9 nitrogen and oxygen atoms in total. The minimum absolute atomic E-state index is 0.0692. The molecule has 1 aromatic rings. The Balaban J connectivity index is 1.62. The number of ether oxygens (including phenoxy) is 2. The number of esters is 2. The van der Waals surface area contributed by atoms with E-state index in [0.29, 0.717) is 6.54 Å². The molecule has 1 saturated heterocycles. The molecule has 2 aliphatic heterocycles. The van der Waals surface area contributed by atoms with Gasteiger partial charge in [0.25, 0.3) is 0 Å². The van der Waals surface area contributed by atoms with Crippen molar-refractivity contribution >= 4 is 23.9 Å². The van der Waals surface area contributed by atoms with Crippen LogP contribution in [-0.2, 0) is 30.4 Å². The van der Waals surface area contributed by atoms with Crippen molar-refractivity contribution in [2.24, 2.45) is 5.92 Å². The van der Waals surface area contributed by atoms with Crippen LogP contribution in [0.2, 0.25) is 0 Å². The molecule has 30 heavy (non-hydrogen) atoms. The van der Waals surface area contributed by atoms with Gasteiger partial charge in [-0.3, -0.25) is 9.59 Å². The molecule has 0 aliphatic carbocycles. The van der Waals surface area contributed by atoms with E-state index in [0.717, 1.165) is 5.56 Å². The zero-order valence-electron chi connectivity index (χ0n) is 17.0. The van der Waals surface area contributed by atoms with Crippen LogP contribution in [0.25, 0.3) is 0 Å². The van der Waals surface area contributed by atoms with Gasteiger partial charge in [-0.1, -0.05) is 30.3 Å². The average Bonchev–Trinajstić information content (AvgIpc) is 3.07. The lowest BCUT2D eigenvalue weighted by molar-refractivity contribution is -0.148. The maximum atomic E-state index is 12.5. The minimum atomic E-state index is -0.595. The monoisotopic (exact) mass is 415 g/mol. The van der Waals surface area contributed by atoms with Gasteiger partial charge in [-0.2, -0.15) is 0 Å². The summed E-state index contributed by atoms with van der Waals surface area (Å²) in [5.74, 6) is -1.84. The lowest BCUT2D eigenvalue weighted by Crippen LogP contribution is -2.50. The number of nitrogens with zero attached hydrogens (tertiary/aromatic N) is 1. The molecule has 0 saturated carbocycles. The van der Waals surface area contributed by atoms with Crippen LogP contribution in [0.3, 0.4) is 0 Å². The van der Waals surface area contributed by atoms with E-state index in [4.69, 9.17) is 9.47 Å². The number of hydrogen-bond donors (Lipinski definition) is 2. The zero-order valence-corrected chi connectivity index (χ0v) is 17.0. The quantitative estimate of drug-likeness (QED) is 0.645. The van der Waals surface area contributed by atoms with Crippen molar-refractivity contribution in [3.63, 3.8) is 0 Å². The second-order valence-corrected chi connectivity index (χ2v) is 7.20. The Morgan fingerprint density at radius 2 is 1.90 bits per heavy atom. The van der Waals surface area contributed by atoms with Gasteiger partial charge in [-0.15, -0.1) is 0 Å². The Bertz CT molecular complexity index is 867. The molecule has 160 valence electrons. The summed E-state index contributed by atoms with van der Waals surface area (Å²) in [5.41, 5.74) is 1.37. The number of carbonyl (C=O) groups excluding carboxylic acids is 4. The van der Waals surface area contributed by atoms with Crippen molar-refractivity contribution < 1.29 is 28.7 Å². The first-order valence-electron chi connectivity index (χ1n) is 9.85. The molecule has 0 spiro atoms. The molecule has 2 unspecified atom stereocenters. The van der Waals surface area contributed by atoms with Crippen molar-refractivity contribution in [3.8, 4) is 0 Å². The summed E-state index contributed by atoms with van der Waals surface area (Å²) in [4.78, 5) is 50.4. The van der Waals surface area contributed by atoms with E-state index in [1.807, 2.05) is 30.3 Å². The van der Waals surface area contributed by atoms with Crippen molar-refractivity contribution in [1.29, 1.82) is 0 Å². The number of amides is 3. The van der Waals surface area contributed by atoms with Crippen LogP contribution in [0.15, 0.2) is 41.6 Å². The normalized spacial score (nSPS) is 21.2. The predicted molar refractivity (Wildman–Crippen MR) is 106 cm³/mol. The van der Waals surface area contributed by atoms with E-state index in [9.17, 15) is 19.2 Å². The number of hydrogen-bond acceptors (Lipinski definition) is 6. The van der Waals surface area contributed by atoms with E-state index in [1.54, 1.807) is 18.7 Å². The highest BCUT2D eigenvalue weighted by Gasteiger charge is 2.36. The molecule has 2 N–H and O–H groups in total. The topological polar surface area (TPSA) is 114 Å². The van der Waals surface area contributed by atoms with E-state index in [2.05, 4.69) is 10.6 Å². The third kappa shape index (κ3) is 4.97. The summed E-state index contributed by atoms with van der Waals surface area (Å²) >= 11 is 0. The summed E-state index contributed by atoms with van der Waals surface area (Å²) in [5, 5.41) is 5.08. The SMILES string of the molecule is CCOC(=O)C1=C(COC(=O)C2CC(=O)N(Cc3ccccc3)C2)NC(=O)NC1C.